The number of ketones is 1. The molecular formula is C27H36O11. The van der Waals surface area contributed by atoms with E-state index in [0.717, 1.165) is 6.92 Å². The topological polar surface area (TPSA) is 166 Å². The molecule has 0 radical (unpaired) electrons. The highest BCUT2D eigenvalue weighted by Crippen LogP contribution is 2.72. The Labute approximate surface area is 220 Å². The Morgan fingerprint density at radius 3 is 2.45 bits per heavy atom. The van der Waals surface area contributed by atoms with Crippen LogP contribution in [0.4, 0.5) is 0 Å². The van der Waals surface area contributed by atoms with E-state index in [1.165, 1.54) is 13.0 Å². The maximum Gasteiger partial charge on any atom is 0.351 e. The Kier molecular flexibility index (Phi) is 5.97. The molecule has 3 N–H and O–H groups in total. The fourth-order valence-corrected chi connectivity index (χ4v) is 8.49. The van der Waals surface area contributed by atoms with Crippen LogP contribution in [0.15, 0.2) is 11.6 Å². The van der Waals surface area contributed by atoms with Crippen molar-refractivity contribution in [3.05, 3.63) is 11.6 Å². The van der Waals surface area contributed by atoms with Crippen molar-refractivity contribution in [2.75, 3.05) is 6.61 Å². The van der Waals surface area contributed by atoms with Gasteiger partial charge in [0.05, 0.1) is 18.6 Å². The van der Waals surface area contributed by atoms with Gasteiger partial charge in [-0.2, -0.15) is 0 Å². The Bertz CT molecular complexity index is 1130. The highest BCUT2D eigenvalue weighted by atomic mass is 16.6. The van der Waals surface area contributed by atoms with Crippen molar-refractivity contribution >= 4 is 23.7 Å². The van der Waals surface area contributed by atoms with Gasteiger partial charge in [0.2, 0.25) is 11.7 Å². The number of aliphatic hydroxyl groups excluding tert-OH is 3. The van der Waals surface area contributed by atoms with Crippen LogP contribution in [0.3, 0.4) is 0 Å². The van der Waals surface area contributed by atoms with Crippen LogP contribution < -0.4 is 0 Å². The predicted octanol–water partition coefficient (Wildman–Crippen LogP) is 0.215. The molecule has 0 unspecified atom stereocenters. The molecule has 1 spiro atoms. The van der Waals surface area contributed by atoms with E-state index in [1.807, 2.05) is 0 Å². The summed E-state index contributed by atoms with van der Waals surface area (Å²) in [5, 5.41) is 34.3. The van der Waals surface area contributed by atoms with Crippen LogP contribution in [0, 0.1) is 28.6 Å². The van der Waals surface area contributed by atoms with Crippen molar-refractivity contribution in [1.29, 1.82) is 0 Å². The summed E-state index contributed by atoms with van der Waals surface area (Å²) < 4.78 is 23.1. The maximum atomic E-state index is 13.5. The summed E-state index contributed by atoms with van der Waals surface area (Å²) in [6.45, 7) is 9.14. The molecule has 2 aliphatic heterocycles. The van der Waals surface area contributed by atoms with Gasteiger partial charge in [-0.25, -0.2) is 9.59 Å². The number of esters is 3. The molecule has 2 saturated carbocycles. The Morgan fingerprint density at radius 2 is 1.84 bits per heavy atom. The molecule has 38 heavy (non-hydrogen) atoms. The van der Waals surface area contributed by atoms with Crippen LogP contribution in [0.5, 0.6) is 0 Å². The molecule has 0 aromatic carbocycles. The smallest absolute Gasteiger partial charge is 0.351 e. The van der Waals surface area contributed by atoms with Crippen LogP contribution in [-0.4, -0.2) is 87.3 Å². The third-order valence-corrected chi connectivity index (χ3v) is 10.4. The van der Waals surface area contributed by atoms with E-state index in [9.17, 15) is 34.5 Å². The zero-order valence-electron chi connectivity index (χ0n) is 22.4. The van der Waals surface area contributed by atoms with Crippen molar-refractivity contribution in [1.82, 2.24) is 0 Å². The molecule has 11 heteroatoms. The van der Waals surface area contributed by atoms with E-state index in [-0.39, 0.29) is 19.4 Å². The van der Waals surface area contributed by atoms with Gasteiger partial charge >= 0.3 is 17.9 Å². The summed E-state index contributed by atoms with van der Waals surface area (Å²) in [5.74, 6) is -5.34. The first kappa shape index (κ1) is 27.2. The zero-order chi connectivity index (χ0) is 28.2. The van der Waals surface area contributed by atoms with Gasteiger partial charge in [-0.05, 0) is 45.6 Å². The predicted molar refractivity (Wildman–Crippen MR) is 127 cm³/mol. The number of fused-ring (bicyclic) bond motifs is 2. The highest BCUT2D eigenvalue weighted by molar-refractivity contribution is 5.96. The number of allylic oxidation sites excluding steroid dienone is 1. The minimum atomic E-state index is -1.68. The van der Waals surface area contributed by atoms with E-state index in [2.05, 4.69) is 0 Å². The molecular weight excluding hydrogens is 500 g/mol. The van der Waals surface area contributed by atoms with Crippen molar-refractivity contribution in [3.8, 4) is 0 Å². The summed E-state index contributed by atoms with van der Waals surface area (Å²) in [6, 6.07) is 0. The SMILES string of the molecule is CC[C@@](C)(OC(C)=O)C(=O)O[C@H]1C(=O)O[C@@H]2C[C@H]3C(C)=CC(=O)[C@@H](O)[C@]3(C)[C@H]3[C@@H](O)[C@H](O)[C@]4(C)OC[C@]32[C@@H]14. The summed E-state index contributed by atoms with van der Waals surface area (Å²) in [4.78, 5) is 51.3. The molecule has 2 heterocycles. The van der Waals surface area contributed by atoms with Crippen molar-refractivity contribution in [3.63, 3.8) is 0 Å². The first-order valence-electron chi connectivity index (χ1n) is 13.1. The first-order valence-corrected chi connectivity index (χ1v) is 13.1. The zero-order valence-corrected chi connectivity index (χ0v) is 22.4. The van der Waals surface area contributed by atoms with Gasteiger partial charge in [0.1, 0.15) is 23.9 Å². The molecule has 4 fully saturated rings. The third kappa shape index (κ3) is 3.16. The van der Waals surface area contributed by atoms with Crippen molar-refractivity contribution in [2.45, 2.75) is 96.1 Å². The Hall–Kier alpha value is -2.34. The lowest BCUT2D eigenvalue weighted by atomic mass is 9.38. The molecule has 5 rings (SSSR count). The van der Waals surface area contributed by atoms with Gasteiger partial charge in [0.25, 0.3) is 0 Å². The molecule has 2 bridgehead atoms. The minimum absolute atomic E-state index is 0.0556. The van der Waals surface area contributed by atoms with Gasteiger partial charge < -0.3 is 34.3 Å². The van der Waals surface area contributed by atoms with E-state index < -0.39 is 94.0 Å². The number of aliphatic hydroxyl groups is 3. The van der Waals surface area contributed by atoms with Crippen LogP contribution >= 0.6 is 0 Å². The number of hydrogen-bond acceptors (Lipinski definition) is 11. The lowest BCUT2D eigenvalue weighted by molar-refractivity contribution is -0.298. The lowest BCUT2D eigenvalue weighted by Gasteiger charge is -2.68. The van der Waals surface area contributed by atoms with Crippen LogP contribution in [0.2, 0.25) is 0 Å². The second kappa shape index (κ2) is 8.33. The number of carbonyl (C=O) groups is 4. The van der Waals surface area contributed by atoms with Gasteiger partial charge in [-0.15, -0.1) is 0 Å². The number of ether oxygens (including phenoxy) is 4. The molecule has 11 nitrogen and oxygen atoms in total. The molecule has 3 aliphatic carbocycles. The fraction of sp³-hybridized carbons (Fsp3) is 0.778. The number of hydrogen-bond donors (Lipinski definition) is 3. The van der Waals surface area contributed by atoms with E-state index in [0.29, 0.717) is 5.57 Å². The van der Waals surface area contributed by atoms with Crippen LogP contribution in [-0.2, 0) is 38.1 Å². The Balaban J connectivity index is 1.65. The van der Waals surface area contributed by atoms with Crippen molar-refractivity contribution in [2.24, 2.45) is 28.6 Å². The summed E-state index contributed by atoms with van der Waals surface area (Å²) in [7, 11) is 0. The van der Waals surface area contributed by atoms with Crippen LogP contribution in [0.25, 0.3) is 0 Å². The van der Waals surface area contributed by atoms with Gasteiger partial charge in [-0.3, -0.25) is 9.59 Å². The standard InChI is InChI=1S/C27H36O11/c1-7-24(4,38-12(3)28)23(34)37-17-19-26(6)21(32)16(30)18-25(5)13(11(2)8-14(29)20(25)31)9-15(36-22(17)33)27(18,19)10-35-26/h8,13,15-21,30-32H,7,9-10H2,1-6H3/t13-,15+,16+,17+,18+,19-,20+,21-,24+,25-,26+,27+/m0/s1. The highest BCUT2D eigenvalue weighted by Gasteiger charge is 2.82. The molecule has 0 amide bonds. The monoisotopic (exact) mass is 536 g/mol. The lowest BCUT2D eigenvalue weighted by Crippen LogP contribution is -2.78. The molecule has 0 aromatic heterocycles. The normalized spacial score (nSPS) is 48.6. The van der Waals surface area contributed by atoms with Gasteiger partial charge in [0.15, 0.2) is 5.78 Å². The number of carbonyl (C=O) groups excluding carboxylic acids is 4. The van der Waals surface area contributed by atoms with E-state index >= 15 is 0 Å². The third-order valence-electron chi connectivity index (χ3n) is 10.4. The summed E-state index contributed by atoms with van der Waals surface area (Å²) in [5.41, 5.74) is -4.91. The summed E-state index contributed by atoms with van der Waals surface area (Å²) >= 11 is 0. The summed E-state index contributed by atoms with van der Waals surface area (Å²) in [6.07, 6.45) is -5.08. The second-order valence-electron chi connectivity index (χ2n) is 12.3. The average molecular weight is 537 g/mol. The first-order chi connectivity index (χ1) is 17.6. The molecule has 5 aliphatic rings. The molecule has 0 aromatic rings. The van der Waals surface area contributed by atoms with Gasteiger partial charge in [0, 0.05) is 23.7 Å². The minimum Gasteiger partial charge on any atom is -0.459 e. The van der Waals surface area contributed by atoms with E-state index in [1.54, 1.807) is 27.7 Å². The second-order valence-corrected chi connectivity index (χ2v) is 12.3. The number of rotatable bonds is 4. The quantitative estimate of drug-likeness (QED) is 0.332. The largest absolute Gasteiger partial charge is 0.459 e. The fourth-order valence-electron chi connectivity index (χ4n) is 8.49. The van der Waals surface area contributed by atoms with E-state index in [4.69, 9.17) is 18.9 Å². The molecule has 12 atom stereocenters. The molecule has 2 saturated heterocycles. The average Bonchev–Trinajstić information content (AvgIpc) is 3.11. The Morgan fingerprint density at radius 1 is 1.18 bits per heavy atom. The van der Waals surface area contributed by atoms with Crippen molar-refractivity contribution < 1.29 is 53.4 Å². The van der Waals surface area contributed by atoms with Crippen LogP contribution in [0.1, 0.15) is 54.4 Å². The maximum absolute atomic E-state index is 13.5. The molecule has 210 valence electrons. The van der Waals surface area contributed by atoms with Gasteiger partial charge in [-0.1, -0.05) is 19.4 Å².